The second-order valence-corrected chi connectivity index (χ2v) is 5.44. The molecule has 0 aromatic carbocycles. The van der Waals surface area contributed by atoms with Crippen LogP contribution in [0.15, 0.2) is 27.8 Å². The minimum Gasteiger partial charge on any atom is -0.467 e. The van der Waals surface area contributed by atoms with E-state index in [-0.39, 0.29) is 35.3 Å². The highest BCUT2D eigenvalue weighted by molar-refractivity contribution is 14.0. The Morgan fingerprint density at radius 2 is 1.90 bits per heavy atom. The van der Waals surface area contributed by atoms with Gasteiger partial charge in [0, 0.05) is 25.6 Å². The molecule has 0 saturated carbocycles. The van der Waals surface area contributed by atoms with E-state index >= 15 is 0 Å². The van der Waals surface area contributed by atoms with Crippen LogP contribution in [0.4, 0.5) is 0 Å². The molecule has 1 aromatic heterocycles. The van der Waals surface area contributed by atoms with Gasteiger partial charge in [0.1, 0.15) is 5.76 Å². The Bertz CT molecular complexity index is 438. The van der Waals surface area contributed by atoms with Crippen molar-refractivity contribution in [1.82, 2.24) is 16.0 Å². The van der Waals surface area contributed by atoms with E-state index < -0.39 is 0 Å². The SMILES string of the molecule is CN=C(NCCNC(=O)C(C)(C)C)NCc1ccco1.I. The lowest BCUT2D eigenvalue weighted by Gasteiger charge is -2.18. The Hall–Kier alpha value is -1.25. The van der Waals surface area contributed by atoms with Gasteiger partial charge in [0.15, 0.2) is 5.96 Å². The lowest BCUT2D eigenvalue weighted by molar-refractivity contribution is -0.128. The zero-order valence-electron chi connectivity index (χ0n) is 13.0. The first-order chi connectivity index (χ1) is 9.43. The molecule has 7 heteroatoms. The van der Waals surface area contributed by atoms with E-state index in [0.717, 1.165) is 5.76 Å². The first-order valence-electron chi connectivity index (χ1n) is 6.68. The third-order valence-corrected chi connectivity index (χ3v) is 2.62. The molecule has 0 aliphatic heterocycles. The number of nitrogens with zero attached hydrogens (tertiary/aromatic N) is 1. The molecule has 1 aromatic rings. The molecule has 0 atom stereocenters. The highest BCUT2D eigenvalue weighted by Crippen LogP contribution is 2.11. The molecule has 0 fully saturated rings. The predicted molar refractivity (Wildman–Crippen MR) is 94.8 cm³/mol. The number of rotatable bonds is 5. The maximum Gasteiger partial charge on any atom is 0.225 e. The van der Waals surface area contributed by atoms with Crippen molar-refractivity contribution in [2.75, 3.05) is 20.1 Å². The fourth-order valence-electron chi connectivity index (χ4n) is 1.43. The second-order valence-electron chi connectivity index (χ2n) is 5.44. The van der Waals surface area contributed by atoms with Crippen LogP contribution in [0.1, 0.15) is 26.5 Å². The van der Waals surface area contributed by atoms with E-state index in [1.165, 1.54) is 0 Å². The minimum absolute atomic E-state index is 0. The van der Waals surface area contributed by atoms with Gasteiger partial charge in [-0.15, -0.1) is 24.0 Å². The van der Waals surface area contributed by atoms with E-state index in [9.17, 15) is 4.79 Å². The van der Waals surface area contributed by atoms with Crippen molar-refractivity contribution in [1.29, 1.82) is 0 Å². The number of amides is 1. The Morgan fingerprint density at radius 3 is 2.43 bits per heavy atom. The molecule has 0 bridgehead atoms. The summed E-state index contributed by atoms with van der Waals surface area (Å²) in [5.41, 5.74) is -0.362. The molecule has 0 aliphatic rings. The summed E-state index contributed by atoms with van der Waals surface area (Å²) in [6.07, 6.45) is 1.63. The van der Waals surface area contributed by atoms with Crippen LogP contribution in [0.3, 0.4) is 0 Å². The van der Waals surface area contributed by atoms with E-state index in [2.05, 4.69) is 20.9 Å². The number of hydrogen-bond donors (Lipinski definition) is 3. The summed E-state index contributed by atoms with van der Waals surface area (Å²) >= 11 is 0. The van der Waals surface area contributed by atoms with Gasteiger partial charge in [-0.25, -0.2) is 0 Å². The summed E-state index contributed by atoms with van der Waals surface area (Å²) in [7, 11) is 1.70. The van der Waals surface area contributed by atoms with Crippen LogP contribution in [0.5, 0.6) is 0 Å². The molecule has 6 nitrogen and oxygen atoms in total. The van der Waals surface area contributed by atoms with Gasteiger partial charge in [-0.3, -0.25) is 9.79 Å². The lowest BCUT2D eigenvalue weighted by Crippen LogP contribution is -2.43. The van der Waals surface area contributed by atoms with E-state index in [0.29, 0.717) is 25.6 Å². The standard InChI is InChI=1S/C14H24N4O2.HI/c1-14(2,3)12(19)16-7-8-17-13(15-4)18-10-11-6-5-9-20-11;/h5-6,9H,7-8,10H2,1-4H3,(H,16,19)(H2,15,17,18);1H. The molecule has 0 spiro atoms. The van der Waals surface area contributed by atoms with Crippen molar-refractivity contribution in [3.8, 4) is 0 Å². The third kappa shape index (κ3) is 7.93. The van der Waals surface area contributed by atoms with Gasteiger partial charge in [-0.1, -0.05) is 20.8 Å². The molecule has 3 N–H and O–H groups in total. The second kappa shape index (κ2) is 9.64. The number of halogens is 1. The van der Waals surface area contributed by atoms with E-state index in [1.807, 2.05) is 32.9 Å². The summed E-state index contributed by atoms with van der Waals surface area (Å²) in [5.74, 6) is 1.55. The summed E-state index contributed by atoms with van der Waals surface area (Å²) in [6.45, 7) is 7.40. The van der Waals surface area contributed by atoms with Crippen molar-refractivity contribution in [2.45, 2.75) is 27.3 Å². The first kappa shape index (κ1) is 19.8. The Balaban J connectivity index is 0.00000400. The van der Waals surface area contributed by atoms with Gasteiger partial charge < -0.3 is 20.4 Å². The van der Waals surface area contributed by atoms with Crippen LogP contribution in [-0.2, 0) is 11.3 Å². The molecule has 1 rings (SSSR count). The number of nitrogens with one attached hydrogen (secondary N) is 3. The fourth-order valence-corrected chi connectivity index (χ4v) is 1.43. The van der Waals surface area contributed by atoms with Crippen molar-refractivity contribution >= 4 is 35.8 Å². The van der Waals surface area contributed by atoms with E-state index in [4.69, 9.17) is 4.42 Å². The predicted octanol–water partition coefficient (Wildman–Crippen LogP) is 1.72. The molecule has 0 aliphatic carbocycles. The number of furan rings is 1. The van der Waals surface area contributed by atoms with Gasteiger partial charge in [0.05, 0.1) is 12.8 Å². The van der Waals surface area contributed by atoms with Gasteiger partial charge in [-0.2, -0.15) is 0 Å². The summed E-state index contributed by atoms with van der Waals surface area (Å²) in [5, 5.41) is 9.11. The van der Waals surface area contributed by atoms with Crippen LogP contribution in [0.25, 0.3) is 0 Å². The van der Waals surface area contributed by atoms with Crippen LogP contribution < -0.4 is 16.0 Å². The number of guanidine groups is 1. The maximum atomic E-state index is 11.7. The van der Waals surface area contributed by atoms with Crippen LogP contribution in [-0.4, -0.2) is 32.0 Å². The molecule has 0 saturated heterocycles. The summed E-state index contributed by atoms with van der Waals surface area (Å²) in [4.78, 5) is 15.8. The quantitative estimate of drug-likeness (QED) is 0.300. The number of carbonyl (C=O) groups excluding carboxylic acids is 1. The highest BCUT2D eigenvalue weighted by Gasteiger charge is 2.20. The Kier molecular flexibility index (Phi) is 9.07. The summed E-state index contributed by atoms with van der Waals surface area (Å²) < 4.78 is 5.22. The molecule has 21 heavy (non-hydrogen) atoms. The van der Waals surface area contributed by atoms with Crippen molar-refractivity contribution in [3.05, 3.63) is 24.2 Å². The molecule has 0 unspecified atom stereocenters. The number of carbonyl (C=O) groups is 1. The van der Waals surface area contributed by atoms with Crippen molar-refractivity contribution in [3.63, 3.8) is 0 Å². The lowest BCUT2D eigenvalue weighted by atomic mass is 9.96. The molecule has 120 valence electrons. The molecule has 1 heterocycles. The van der Waals surface area contributed by atoms with Crippen molar-refractivity contribution < 1.29 is 9.21 Å². The monoisotopic (exact) mass is 408 g/mol. The van der Waals surface area contributed by atoms with Gasteiger partial charge in [-0.05, 0) is 12.1 Å². The Morgan fingerprint density at radius 1 is 1.24 bits per heavy atom. The minimum atomic E-state index is -0.362. The third-order valence-electron chi connectivity index (χ3n) is 2.62. The van der Waals surface area contributed by atoms with Crippen LogP contribution >= 0.6 is 24.0 Å². The average Bonchev–Trinajstić information content (AvgIpc) is 2.89. The first-order valence-corrected chi connectivity index (χ1v) is 6.68. The van der Waals surface area contributed by atoms with Crippen molar-refractivity contribution in [2.24, 2.45) is 10.4 Å². The largest absolute Gasteiger partial charge is 0.467 e. The topological polar surface area (TPSA) is 78.7 Å². The van der Waals surface area contributed by atoms with Crippen LogP contribution in [0, 0.1) is 5.41 Å². The normalized spacial score (nSPS) is 11.5. The molecule has 0 radical (unpaired) electrons. The average molecular weight is 408 g/mol. The zero-order valence-corrected chi connectivity index (χ0v) is 15.4. The van der Waals surface area contributed by atoms with Gasteiger partial charge in [0.25, 0.3) is 0 Å². The fraction of sp³-hybridized carbons (Fsp3) is 0.571. The number of hydrogen-bond acceptors (Lipinski definition) is 3. The maximum absolute atomic E-state index is 11.7. The smallest absolute Gasteiger partial charge is 0.225 e. The number of aliphatic imine (C=N–C) groups is 1. The molecule has 1 amide bonds. The van der Waals surface area contributed by atoms with Gasteiger partial charge >= 0.3 is 0 Å². The van der Waals surface area contributed by atoms with Crippen LogP contribution in [0.2, 0.25) is 0 Å². The van der Waals surface area contributed by atoms with E-state index in [1.54, 1.807) is 13.3 Å². The van der Waals surface area contributed by atoms with Gasteiger partial charge in [0.2, 0.25) is 5.91 Å². The Labute approximate surface area is 143 Å². The highest BCUT2D eigenvalue weighted by atomic mass is 127. The summed E-state index contributed by atoms with van der Waals surface area (Å²) in [6, 6.07) is 3.74. The molecular weight excluding hydrogens is 383 g/mol. The molecular formula is C14H25IN4O2. The zero-order chi connectivity index (χ0) is 15.0.